The lowest BCUT2D eigenvalue weighted by Crippen LogP contribution is -1.70. The van der Waals surface area contributed by atoms with Gasteiger partial charge in [0.15, 0.2) is 6.55 Å². The van der Waals surface area contributed by atoms with Gasteiger partial charge in [0, 0.05) is 4.90 Å². The van der Waals surface area contributed by atoms with E-state index in [2.05, 4.69) is 12.2 Å². The number of rotatable bonds is 2. The van der Waals surface area contributed by atoms with Gasteiger partial charge >= 0.3 is 8.60 Å². The van der Waals surface area contributed by atoms with Gasteiger partial charge in [0.05, 0.1) is 0 Å². The lowest BCUT2D eigenvalue weighted by molar-refractivity contribution is 0.368. The lowest BCUT2D eigenvalue weighted by Gasteiger charge is -2.01. The number of aryl methyl sites for hydroxylation is 1. The third kappa shape index (κ3) is 10.9. The normalized spacial score (nSPS) is 11.9. The Morgan fingerprint density at radius 2 is 1.47 bits per heavy atom. The summed E-state index contributed by atoms with van der Waals surface area (Å²) in [6.45, 7) is 0.863. The van der Waals surface area contributed by atoms with Crippen molar-refractivity contribution in [2.45, 2.75) is 11.8 Å². The Morgan fingerprint density at radius 3 is 1.80 bits per heavy atom. The van der Waals surface area contributed by atoms with E-state index in [1.54, 1.807) is 0 Å². The largest absolute Gasteiger partial charge is 0.355 e. The molecule has 1 aromatic carbocycles. The zero-order chi connectivity index (χ0) is 11.8. The van der Waals surface area contributed by atoms with E-state index in [4.69, 9.17) is 19.6 Å². The molecule has 0 bridgehead atoms. The van der Waals surface area contributed by atoms with Gasteiger partial charge in [-0.3, -0.25) is 0 Å². The van der Waals surface area contributed by atoms with Gasteiger partial charge in [-0.25, -0.2) is 0 Å². The Labute approximate surface area is 100 Å². The van der Waals surface area contributed by atoms with Crippen molar-refractivity contribution >= 4 is 38.8 Å². The fourth-order valence-corrected chi connectivity index (χ4v) is 2.92. The Hall–Kier alpha value is 0.620. The summed E-state index contributed by atoms with van der Waals surface area (Å²) in [5.74, 6) is 0. The molecule has 0 saturated carbocycles. The first-order valence-corrected chi connectivity index (χ1v) is 8.78. The van der Waals surface area contributed by atoms with E-state index in [0.717, 1.165) is 4.90 Å². The fraction of sp³-hybridized carbons (Fsp3) is 0.143. The zero-order valence-corrected chi connectivity index (χ0v) is 11.3. The SMILES string of the molecule is Cc1ccc(SP(O)S)cc1.OP(O)O. The van der Waals surface area contributed by atoms with Crippen LogP contribution in [0.25, 0.3) is 0 Å². The second kappa shape index (κ2) is 8.74. The highest BCUT2D eigenvalue weighted by molar-refractivity contribution is 8.81. The fourth-order valence-electron chi connectivity index (χ4n) is 0.693. The smallest absolute Gasteiger partial charge is 0.324 e. The maximum Gasteiger partial charge on any atom is 0.324 e. The molecule has 0 heterocycles. The minimum atomic E-state index is -2.62. The molecular weight excluding hydrogens is 274 g/mol. The Morgan fingerprint density at radius 1 is 1.07 bits per heavy atom. The monoisotopic (exact) mass is 286 g/mol. The predicted molar refractivity (Wildman–Crippen MR) is 68.7 cm³/mol. The van der Waals surface area contributed by atoms with Gasteiger partial charge in [0.1, 0.15) is 0 Å². The molecule has 0 aliphatic rings. The molecule has 1 aromatic rings. The van der Waals surface area contributed by atoms with Gasteiger partial charge in [-0.15, -0.1) is 12.2 Å². The van der Waals surface area contributed by atoms with Crippen LogP contribution in [0.1, 0.15) is 5.56 Å². The van der Waals surface area contributed by atoms with Crippen LogP contribution in [-0.4, -0.2) is 19.6 Å². The number of benzene rings is 1. The number of thiol groups is 1. The molecule has 86 valence electrons. The number of hydrogen-bond donors (Lipinski definition) is 5. The van der Waals surface area contributed by atoms with E-state index in [-0.39, 0.29) is 0 Å². The van der Waals surface area contributed by atoms with E-state index in [1.165, 1.54) is 16.9 Å². The molecule has 0 aliphatic heterocycles. The van der Waals surface area contributed by atoms with Crippen molar-refractivity contribution in [1.82, 2.24) is 0 Å². The van der Waals surface area contributed by atoms with Crippen LogP contribution in [0, 0.1) is 6.92 Å². The first-order valence-electron chi connectivity index (χ1n) is 3.71. The van der Waals surface area contributed by atoms with Crippen LogP contribution >= 0.6 is 38.8 Å². The molecule has 1 atom stereocenters. The van der Waals surface area contributed by atoms with Crippen molar-refractivity contribution in [3.05, 3.63) is 29.8 Å². The molecule has 0 spiro atoms. The van der Waals surface area contributed by atoms with Crippen LogP contribution in [0.2, 0.25) is 0 Å². The lowest BCUT2D eigenvalue weighted by atomic mass is 10.2. The molecule has 4 N–H and O–H groups in total. The molecule has 0 radical (unpaired) electrons. The first kappa shape index (κ1) is 15.6. The van der Waals surface area contributed by atoms with Crippen molar-refractivity contribution < 1.29 is 19.6 Å². The summed E-state index contributed by atoms with van der Waals surface area (Å²) in [6, 6.07) is 8.02. The molecule has 0 aromatic heterocycles. The van der Waals surface area contributed by atoms with Crippen LogP contribution in [0.15, 0.2) is 29.2 Å². The summed E-state index contributed by atoms with van der Waals surface area (Å²) in [6.07, 6.45) is 0. The van der Waals surface area contributed by atoms with E-state index in [0.29, 0.717) is 0 Å². The van der Waals surface area contributed by atoms with Crippen LogP contribution < -0.4 is 0 Å². The van der Waals surface area contributed by atoms with E-state index in [1.807, 2.05) is 31.2 Å². The Bertz CT molecular complexity index is 265. The highest BCUT2D eigenvalue weighted by atomic mass is 33.1. The maximum absolute atomic E-state index is 8.97. The Balaban J connectivity index is 0.000000423. The second-order valence-corrected chi connectivity index (χ2v) is 7.66. The average Bonchev–Trinajstić information content (AvgIpc) is 2.07. The van der Waals surface area contributed by atoms with Gasteiger partial charge in [-0.05, 0) is 19.1 Å². The molecule has 0 aliphatic carbocycles. The average molecular weight is 286 g/mol. The van der Waals surface area contributed by atoms with E-state index < -0.39 is 15.2 Å². The Kier molecular flexibility index (Phi) is 9.10. The van der Waals surface area contributed by atoms with Gasteiger partial charge < -0.3 is 19.6 Å². The highest BCUT2D eigenvalue weighted by Crippen LogP contribution is 2.53. The zero-order valence-electron chi connectivity index (χ0n) is 7.85. The van der Waals surface area contributed by atoms with Gasteiger partial charge in [-0.2, -0.15) is 0 Å². The molecule has 0 amide bonds. The van der Waals surface area contributed by atoms with Crippen LogP contribution in [0.4, 0.5) is 0 Å². The third-order valence-electron chi connectivity index (χ3n) is 1.21. The van der Waals surface area contributed by atoms with Gasteiger partial charge in [0.25, 0.3) is 0 Å². The van der Waals surface area contributed by atoms with Gasteiger partial charge in [0.2, 0.25) is 0 Å². The van der Waals surface area contributed by atoms with Crippen LogP contribution in [0.5, 0.6) is 0 Å². The topological polar surface area (TPSA) is 80.9 Å². The molecule has 0 fully saturated rings. The molecule has 15 heavy (non-hydrogen) atoms. The van der Waals surface area contributed by atoms with E-state index >= 15 is 0 Å². The molecule has 8 heteroatoms. The highest BCUT2D eigenvalue weighted by Gasteiger charge is 1.99. The third-order valence-corrected chi connectivity index (χ3v) is 3.71. The molecule has 0 saturated heterocycles. The standard InChI is InChI=1S/C7H9OPS2.H3O3P/c1-6-2-4-7(5-3-6)11-9(8)10;1-4(2)3/h2-5,8,10H,1H3;1-3H. The van der Waals surface area contributed by atoms with Crippen molar-refractivity contribution in [2.24, 2.45) is 0 Å². The predicted octanol–water partition coefficient (Wildman–Crippen LogP) is 2.43. The van der Waals surface area contributed by atoms with Crippen LogP contribution in [-0.2, 0) is 0 Å². The number of hydrogen-bond acceptors (Lipinski definition) is 6. The van der Waals surface area contributed by atoms with E-state index in [9.17, 15) is 0 Å². The van der Waals surface area contributed by atoms with Crippen molar-refractivity contribution in [3.63, 3.8) is 0 Å². The van der Waals surface area contributed by atoms with Gasteiger partial charge in [-0.1, -0.05) is 29.1 Å². The summed E-state index contributed by atoms with van der Waals surface area (Å²) in [5, 5.41) is 0. The maximum atomic E-state index is 8.97. The molecule has 4 nitrogen and oxygen atoms in total. The molecular formula is C7H12O4P2S2. The summed E-state index contributed by atoms with van der Waals surface area (Å²) >= 11 is 5.31. The minimum absolute atomic E-state index is 1.07. The van der Waals surface area contributed by atoms with Crippen molar-refractivity contribution in [2.75, 3.05) is 0 Å². The summed E-state index contributed by atoms with van der Waals surface area (Å²) in [5.41, 5.74) is 1.23. The minimum Gasteiger partial charge on any atom is -0.355 e. The first-order chi connectivity index (χ1) is 6.91. The summed E-state index contributed by atoms with van der Waals surface area (Å²) in [4.78, 5) is 31.7. The van der Waals surface area contributed by atoms with Crippen molar-refractivity contribution in [3.8, 4) is 0 Å². The second-order valence-electron chi connectivity index (χ2n) is 2.43. The summed E-state index contributed by atoms with van der Waals surface area (Å²) < 4.78 is 0. The quantitative estimate of drug-likeness (QED) is 0.426. The molecule has 1 rings (SSSR count). The van der Waals surface area contributed by atoms with Crippen LogP contribution in [0.3, 0.4) is 0 Å². The molecule has 1 unspecified atom stereocenters. The van der Waals surface area contributed by atoms with Crippen molar-refractivity contribution in [1.29, 1.82) is 0 Å². The summed E-state index contributed by atoms with van der Waals surface area (Å²) in [7, 11) is -2.62.